The van der Waals surface area contributed by atoms with Gasteiger partial charge in [-0.05, 0) is 41.3 Å². The molecule has 1 N–H and O–H groups in total. The first-order valence-corrected chi connectivity index (χ1v) is 7.32. The van der Waals surface area contributed by atoms with Crippen LogP contribution in [0.1, 0.15) is 35.9 Å². The third kappa shape index (κ3) is 1.99. The van der Waals surface area contributed by atoms with Gasteiger partial charge in [-0.3, -0.25) is 5.32 Å². The van der Waals surface area contributed by atoms with Gasteiger partial charge in [-0.2, -0.15) is 0 Å². The van der Waals surface area contributed by atoms with E-state index < -0.39 is 0 Å². The van der Waals surface area contributed by atoms with E-state index in [2.05, 4.69) is 60.8 Å². The number of hydrogen-bond acceptors (Lipinski definition) is 2. The fraction of sp³-hybridized carbons (Fsp3) is 0.158. The van der Waals surface area contributed by atoms with Crippen LogP contribution in [-0.4, -0.2) is 0 Å². The second kappa shape index (κ2) is 4.90. The van der Waals surface area contributed by atoms with E-state index in [1.807, 2.05) is 12.1 Å². The molecule has 0 unspecified atom stereocenters. The zero-order valence-electron chi connectivity index (χ0n) is 11.9. The molecule has 0 amide bonds. The van der Waals surface area contributed by atoms with Crippen LogP contribution < -0.4 is 5.32 Å². The Kier molecular flexibility index (Phi) is 2.90. The van der Waals surface area contributed by atoms with Crippen LogP contribution in [0, 0.1) is 0 Å². The van der Waals surface area contributed by atoms with Crippen LogP contribution in [0.25, 0.3) is 11.1 Å². The number of rotatable bonds is 3. The smallest absolute Gasteiger partial charge is 0.120 e. The summed E-state index contributed by atoms with van der Waals surface area (Å²) in [5, 5.41) is 3.70. The molecule has 4 rings (SSSR count). The first-order chi connectivity index (χ1) is 10.3. The van der Waals surface area contributed by atoms with Gasteiger partial charge in [0.1, 0.15) is 5.76 Å². The summed E-state index contributed by atoms with van der Waals surface area (Å²) in [4.78, 5) is 0. The minimum Gasteiger partial charge on any atom is -0.468 e. The van der Waals surface area contributed by atoms with Gasteiger partial charge >= 0.3 is 0 Å². The molecule has 1 aromatic heterocycles. The predicted molar refractivity (Wildman–Crippen MR) is 84.0 cm³/mol. The second-order valence-electron chi connectivity index (χ2n) is 5.51. The van der Waals surface area contributed by atoms with Gasteiger partial charge in [-0.1, -0.05) is 48.5 Å². The van der Waals surface area contributed by atoms with Crippen LogP contribution in [0.4, 0.5) is 0 Å². The summed E-state index contributed by atoms with van der Waals surface area (Å²) in [5.74, 6) is 0.969. The Morgan fingerprint density at radius 3 is 2.05 bits per heavy atom. The van der Waals surface area contributed by atoms with E-state index in [1.165, 1.54) is 22.3 Å². The van der Waals surface area contributed by atoms with Crippen molar-refractivity contribution in [1.82, 2.24) is 5.32 Å². The summed E-state index contributed by atoms with van der Waals surface area (Å²) in [6, 6.07) is 21.6. The molecule has 0 bridgehead atoms. The summed E-state index contributed by atoms with van der Waals surface area (Å²) < 4.78 is 5.52. The van der Waals surface area contributed by atoms with Gasteiger partial charge in [-0.15, -0.1) is 0 Å². The van der Waals surface area contributed by atoms with E-state index in [-0.39, 0.29) is 12.1 Å². The van der Waals surface area contributed by atoms with Gasteiger partial charge in [-0.25, -0.2) is 0 Å². The highest BCUT2D eigenvalue weighted by atomic mass is 16.3. The van der Waals surface area contributed by atoms with Crippen molar-refractivity contribution >= 4 is 0 Å². The summed E-state index contributed by atoms with van der Waals surface area (Å²) >= 11 is 0. The monoisotopic (exact) mass is 275 g/mol. The zero-order valence-corrected chi connectivity index (χ0v) is 11.9. The molecule has 104 valence electrons. The lowest BCUT2D eigenvalue weighted by Gasteiger charge is -2.20. The predicted octanol–water partition coefficient (Wildman–Crippen LogP) is 4.70. The molecule has 0 spiro atoms. The van der Waals surface area contributed by atoms with Crippen molar-refractivity contribution in [2.75, 3.05) is 0 Å². The highest BCUT2D eigenvalue weighted by molar-refractivity contribution is 5.78. The van der Waals surface area contributed by atoms with Crippen LogP contribution in [0.2, 0.25) is 0 Å². The second-order valence-corrected chi connectivity index (χ2v) is 5.51. The summed E-state index contributed by atoms with van der Waals surface area (Å²) in [7, 11) is 0. The van der Waals surface area contributed by atoms with Gasteiger partial charge in [0.05, 0.1) is 18.3 Å². The topological polar surface area (TPSA) is 25.2 Å². The number of benzene rings is 2. The highest BCUT2D eigenvalue weighted by Gasteiger charge is 2.29. The normalized spacial score (nSPS) is 14.7. The van der Waals surface area contributed by atoms with Crippen molar-refractivity contribution < 1.29 is 4.42 Å². The number of hydrogen-bond donors (Lipinski definition) is 1. The number of nitrogens with one attached hydrogen (secondary N) is 1. The number of furan rings is 1. The molecule has 0 radical (unpaired) electrons. The Balaban J connectivity index is 1.75. The van der Waals surface area contributed by atoms with E-state index in [1.54, 1.807) is 6.26 Å². The average molecular weight is 275 g/mol. The summed E-state index contributed by atoms with van der Waals surface area (Å²) in [5.41, 5.74) is 5.35. The van der Waals surface area contributed by atoms with Crippen molar-refractivity contribution in [1.29, 1.82) is 0 Å². The fourth-order valence-corrected chi connectivity index (χ4v) is 3.20. The third-order valence-corrected chi connectivity index (χ3v) is 4.22. The molecule has 2 heteroatoms. The van der Waals surface area contributed by atoms with E-state index >= 15 is 0 Å². The van der Waals surface area contributed by atoms with Gasteiger partial charge < -0.3 is 4.42 Å². The lowest BCUT2D eigenvalue weighted by atomic mass is 10.0. The molecule has 0 aliphatic heterocycles. The van der Waals surface area contributed by atoms with E-state index in [0.29, 0.717) is 0 Å². The third-order valence-electron chi connectivity index (χ3n) is 4.22. The lowest BCUT2D eigenvalue weighted by molar-refractivity contribution is 0.414. The van der Waals surface area contributed by atoms with Gasteiger partial charge in [0, 0.05) is 0 Å². The van der Waals surface area contributed by atoms with E-state index in [0.717, 1.165) is 5.76 Å². The summed E-state index contributed by atoms with van der Waals surface area (Å²) in [6.45, 7) is 2.14. The maximum Gasteiger partial charge on any atom is 0.120 e. The van der Waals surface area contributed by atoms with Crippen molar-refractivity contribution in [3.05, 3.63) is 83.8 Å². The molecule has 3 aromatic rings. The zero-order chi connectivity index (χ0) is 14.2. The van der Waals surface area contributed by atoms with Gasteiger partial charge in [0.2, 0.25) is 0 Å². The largest absolute Gasteiger partial charge is 0.468 e. The maximum absolute atomic E-state index is 5.52. The van der Waals surface area contributed by atoms with E-state index in [4.69, 9.17) is 4.42 Å². The van der Waals surface area contributed by atoms with Crippen molar-refractivity contribution in [2.45, 2.75) is 19.0 Å². The van der Waals surface area contributed by atoms with Gasteiger partial charge in [0.25, 0.3) is 0 Å². The SMILES string of the molecule is C[C@H](NC1c2ccccc2-c2ccccc21)c1ccco1. The fourth-order valence-electron chi connectivity index (χ4n) is 3.20. The summed E-state index contributed by atoms with van der Waals surface area (Å²) in [6.07, 6.45) is 1.73. The molecule has 2 nitrogen and oxygen atoms in total. The molecule has 1 atom stereocenters. The Morgan fingerprint density at radius 1 is 0.857 bits per heavy atom. The minimum absolute atomic E-state index is 0.171. The van der Waals surface area contributed by atoms with Gasteiger partial charge in [0.15, 0.2) is 0 Å². The van der Waals surface area contributed by atoms with Crippen LogP contribution in [0.3, 0.4) is 0 Å². The van der Waals surface area contributed by atoms with E-state index in [9.17, 15) is 0 Å². The van der Waals surface area contributed by atoms with Crippen LogP contribution >= 0.6 is 0 Å². The molecular formula is C19H17NO. The number of fused-ring (bicyclic) bond motifs is 3. The Morgan fingerprint density at radius 2 is 1.48 bits per heavy atom. The quantitative estimate of drug-likeness (QED) is 0.749. The highest BCUT2D eigenvalue weighted by Crippen LogP contribution is 2.43. The van der Waals surface area contributed by atoms with Crippen molar-refractivity contribution in [3.8, 4) is 11.1 Å². The maximum atomic E-state index is 5.52. The van der Waals surface area contributed by atoms with Crippen molar-refractivity contribution in [3.63, 3.8) is 0 Å². The molecule has 1 aliphatic rings. The molecular weight excluding hydrogens is 258 g/mol. The van der Waals surface area contributed by atoms with Crippen LogP contribution in [0.5, 0.6) is 0 Å². The molecule has 21 heavy (non-hydrogen) atoms. The Hall–Kier alpha value is -2.32. The molecule has 0 saturated carbocycles. The van der Waals surface area contributed by atoms with Crippen LogP contribution in [-0.2, 0) is 0 Å². The first kappa shape index (κ1) is 12.4. The van der Waals surface area contributed by atoms with Crippen molar-refractivity contribution in [2.24, 2.45) is 0 Å². The molecule has 1 heterocycles. The molecule has 2 aromatic carbocycles. The van der Waals surface area contributed by atoms with Crippen LogP contribution in [0.15, 0.2) is 71.3 Å². The standard InChI is InChI=1S/C19H17NO/c1-13(18-11-6-12-21-18)20-19-16-9-4-2-7-14(16)15-8-3-5-10-17(15)19/h2-13,19-20H,1H3/t13-/m0/s1. The average Bonchev–Trinajstić information content (AvgIpc) is 3.15. The Labute approximate surface area is 124 Å². The molecule has 0 saturated heterocycles. The minimum atomic E-state index is 0.171. The Bertz CT molecular complexity index is 715. The molecule has 0 fully saturated rings. The lowest BCUT2D eigenvalue weighted by Crippen LogP contribution is -2.23. The first-order valence-electron chi connectivity index (χ1n) is 7.32. The molecule has 1 aliphatic carbocycles.